The van der Waals surface area contributed by atoms with Gasteiger partial charge in [0.2, 0.25) is 5.95 Å². The molecule has 0 amide bonds. The lowest BCUT2D eigenvalue weighted by Crippen LogP contribution is -2.30. The normalized spacial score (nSPS) is 16.8. The van der Waals surface area contributed by atoms with Crippen molar-refractivity contribution < 1.29 is 9.53 Å². The number of hydrogen-bond donors (Lipinski definition) is 1. The van der Waals surface area contributed by atoms with Gasteiger partial charge in [-0.15, -0.1) is 0 Å². The van der Waals surface area contributed by atoms with Gasteiger partial charge in [-0.05, 0) is 23.5 Å². The summed E-state index contributed by atoms with van der Waals surface area (Å²) in [5.41, 5.74) is 3.64. The molecule has 1 aromatic carbocycles. The molecule has 0 bridgehead atoms. The predicted molar refractivity (Wildman–Crippen MR) is 91.6 cm³/mol. The summed E-state index contributed by atoms with van der Waals surface area (Å²) in [4.78, 5) is 16.7. The first-order valence-corrected chi connectivity index (χ1v) is 8.14. The largest absolute Gasteiger partial charge is 0.466 e. The van der Waals surface area contributed by atoms with E-state index in [0.29, 0.717) is 23.9 Å². The van der Waals surface area contributed by atoms with Gasteiger partial charge < -0.3 is 10.1 Å². The molecule has 3 rings (SSSR count). The van der Waals surface area contributed by atoms with E-state index in [2.05, 4.69) is 41.4 Å². The highest BCUT2D eigenvalue weighted by molar-refractivity contribution is 5.92. The van der Waals surface area contributed by atoms with E-state index in [-0.39, 0.29) is 12.0 Å². The van der Waals surface area contributed by atoms with Gasteiger partial charge in [0, 0.05) is 5.70 Å². The number of benzene rings is 1. The van der Waals surface area contributed by atoms with E-state index in [1.165, 1.54) is 19.0 Å². The minimum atomic E-state index is -0.349. The number of hydrogen-bond acceptors (Lipinski definition) is 5. The van der Waals surface area contributed by atoms with Crippen LogP contribution < -0.4 is 5.32 Å². The van der Waals surface area contributed by atoms with Crippen LogP contribution in [0, 0.1) is 0 Å². The molecule has 1 aliphatic rings. The van der Waals surface area contributed by atoms with Gasteiger partial charge in [-0.3, -0.25) is 0 Å². The number of carbonyl (C=O) groups excluding carboxylic acids is 1. The van der Waals surface area contributed by atoms with Crippen LogP contribution in [0.15, 0.2) is 41.9 Å². The molecule has 0 saturated heterocycles. The molecule has 1 atom stereocenters. The molecular weight excluding hydrogens is 304 g/mol. The quantitative estimate of drug-likeness (QED) is 0.874. The maximum absolute atomic E-state index is 12.4. The van der Waals surface area contributed by atoms with Crippen molar-refractivity contribution in [1.29, 1.82) is 0 Å². The Bertz CT molecular complexity index is 775. The van der Waals surface area contributed by atoms with Crippen LogP contribution >= 0.6 is 0 Å². The molecule has 1 aliphatic heterocycles. The van der Waals surface area contributed by atoms with E-state index in [1.807, 2.05) is 19.1 Å². The summed E-state index contributed by atoms with van der Waals surface area (Å²) in [7, 11) is 1.40. The first-order valence-electron chi connectivity index (χ1n) is 8.14. The molecule has 0 unspecified atom stereocenters. The van der Waals surface area contributed by atoms with Crippen molar-refractivity contribution in [3.05, 3.63) is 53.0 Å². The van der Waals surface area contributed by atoms with Gasteiger partial charge in [0.25, 0.3) is 0 Å². The van der Waals surface area contributed by atoms with Gasteiger partial charge in [-0.1, -0.05) is 45.0 Å². The maximum Gasteiger partial charge on any atom is 0.338 e. The van der Waals surface area contributed by atoms with Crippen LogP contribution in [0.5, 0.6) is 0 Å². The zero-order chi connectivity index (χ0) is 17.3. The lowest BCUT2D eigenvalue weighted by molar-refractivity contribution is -0.136. The molecule has 1 N–H and O–H groups in total. The SMILES string of the molecule is CCC1=C(C(=O)OC)[C@H](c2ccc(C(C)C)cc2)n2ncnc2N1. The van der Waals surface area contributed by atoms with Crippen LogP contribution in [-0.2, 0) is 9.53 Å². The Labute approximate surface area is 141 Å². The summed E-state index contributed by atoms with van der Waals surface area (Å²) in [6, 6.07) is 7.95. The number of allylic oxidation sites excluding steroid dienone is 1. The molecule has 0 fully saturated rings. The van der Waals surface area contributed by atoms with Crippen LogP contribution in [0.2, 0.25) is 0 Å². The highest BCUT2D eigenvalue weighted by Gasteiger charge is 2.34. The Morgan fingerprint density at radius 2 is 2.04 bits per heavy atom. The van der Waals surface area contributed by atoms with Crippen molar-refractivity contribution in [2.24, 2.45) is 0 Å². The summed E-state index contributed by atoms with van der Waals surface area (Å²) in [5, 5.41) is 7.50. The third kappa shape index (κ3) is 2.68. The van der Waals surface area contributed by atoms with E-state index in [1.54, 1.807) is 4.68 Å². The number of carbonyl (C=O) groups is 1. The Morgan fingerprint density at radius 3 is 2.62 bits per heavy atom. The van der Waals surface area contributed by atoms with Gasteiger partial charge in [-0.2, -0.15) is 10.1 Å². The fraction of sp³-hybridized carbons (Fsp3) is 0.389. The first-order chi connectivity index (χ1) is 11.6. The number of esters is 1. The number of ether oxygens (including phenoxy) is 1. The molecule has 2 heterocycles. The zero-order valence-electron chi connectivity index (χ0n) is 14.4. The summed E-state index contributed by atoms with van der Waals surface area (Å²) < 4.78 is 6.76. The van der Waals surface area contributed by atoms with E-state index < -0.39 is 0 Å². The molecule has 0 saturated carbocycles. The van der Waals surface area contributed by atoms with Crippen molar-refractivity contribution in [2.75, 3.05) is 12.4 Å². The minimum Gasteiger partial charge on any atom is -0.466 e. The summed E-state index contributed by atoms with van der Waals surface area (Å²) in [6.45, 7) is 6.31. The van der Waals surface area contributed by atoms with Crippen molar-refractivity contribution in [1.82, 2.24) is 14.8 Å². The van der Waals surface area contributed by atoms with E-state index in [9.17, 15) is 4.79 Å². The van der Waals surface area contributed by atoms with Crippen LogP contribution in [0.1, 0.15) is 50.3 Å². The topological polar surface area (TPSA) is 69.0 Å². The van der Waals surface area contributed by atoms with Gasteiger partial charge in [0.05, 0.1) is 12.7 Å². The predicted octanol–water partition coefficient (Wildman–Crippen LogP) is 3.25. The monoisotopic (exact) mass is 326 g/mol. The molecule has 0 spiro atoms. The lowest BCUT2D eigenvalue weighted by Gasteiger charge is -2.29. The fourth-order valence-electron chi connectivity index (χ4n) is 3.01. The zero-order valence-corrected chi connectivity index (χ0v) is 14.4. The highest BCUT2D eigenvalue weighted by Crippen LogP contribution is 2.36. The third-order valence-electron chi connectivity index (χ3n) is 4.36. The average Bonchev–Trinajstić information content (AvgIpc) is 3.07. The van der Waals surface area contributed by atoms with E-state index in [4.69, 9.17) is 4.74 Å². The molecule has 0 radical (unpaired) electrons. The van der Waals surface area contributed by atoms with Crippen molar-refractivity contribution in [3.8, 4) is 0 Å². The van der Waals surface area contributed by atoms with Gasteiger partial charge in [0.15, 0.2) is 0 Å². The van der Waals surface area contributed by atoms with Crippen LogP contribution in [0.3, 0.4) is 0 Å². The number of aromatic nitrogens is 3. The smallest absolute Gasteiger partial charge is 0.338 e. The number of nitrogens with zero attached hydrogens (tertiary/aromatic N) is 3. The Hall–Kier alpha value is -2.63. The van der Waals surface area contributed by atoms with E-state index >= 15 is 0 Å². The standard InChI is InChI=1S/C18H22N4O2/c1-5-14-15(17(23)24-4)16(22-18(21-14)19-10-20-22)13-8-6-12(7-9-13)11(2)3/h6-11,16H,5H2,1-4H3,(H,19,20,21)/t16-/m0/s1. The summed E-state index contributed by atoms with van der Waals surface area (Å²) in [5.74, 6) is 0.742. The Kier molecular flexibility index (Phi) is 4.38. The number of rotatable bonds is 4. The van der Waals surface area contributed by atoms with Crippen molar-refractivity contribution in [2.45, 2.75) is 39.2 Å². The van der Waals surface area contributed by atoms with Crippen LogP contribution in [-0.4, -0.2) is 27.8 Å². The number of anilines is 1. The molecule has 2 aromatic rings. The molecule has 6 heteroatoms. The molecule has 0 aliphatic carbocycles. The maximum atomic E-state index is 12.4. The lowest BCUT2D eigenvalue weighted by atomic mass is 9.92. The van der Waals surface area contributed by atoms with Crippen molar-refractivity contribution in [3.63, 3.8) is 0 Å². The van der Waals surface area contributed by atoms with Gasteiger partial charge in [-0.25, -0.2) is 9.48 Å². The van der Waals surface area contributed by atoms with Crippen LogP contribution in [0.4, 0.5) is 5.95 Å². The molecular formula is C18H22N4O2. The average molecular weight is 326 g/mol. The molecule has 1 aromatic heterocycles. The second-order valence-electron chi connectivity index (χ2n) is 6.11. The fourth-order valence-corrected chi connectivity index (χ4v) is 3.01. The molecule has 126 valence electrons. The third-order valence-corrected chi connectivity index (χ3v) is 4.36. The number of nitrogens with one attached hydrogen (secondary N) is 1. The minimum absolute atomic E-state index is 0.340. The number of methoxy groups -OCH3 is 1. The summed E-state index contributed by atoms with van der Waals surface area (Å²) in [6.07, 6.45) is 2.17. The Morgan fingerprint density at radius 1 is 1.33 bits per heavy atom. The molecule has 6 nitrogen and oxygen atoms in total. The second-order valence-corrected chi connectivity index (χ2v) is 6.11. The van der Waals surface area contributed by atoms with Crippen molar-refractivity contribution >= 4 is 11.9 Å². The second kappa shape index (κ2) is 6.47. The highest BCUT2D eigenvalue weighted by atomic mass is 16.5. The summed E-state index contributed by atoms with van der Waals surface area (Å²) >= 11 is 0. The first kappa shape index (κ1) is 16.2. The van der Waals surface area contributed by atoms with E-state index in [0.717, 1.165) is 11.3 Å². The van der Waals surface area contributed by atoms with Crippen LogP contribution in [0.25, 0.3) is 0 Å². The van der Waals surface area contributed by atoms with Gasteiger partial charge >= 0.3 is 5.97 Å². The molecule has 24 heavy (non-hydrogen) atoms. The van der Waals surface area contributed by atoms with Gasteiger partial charge in [0.1, 0.15) is 12.4 Å². The number of fused-ring (bicyclic) bond motifs is 1. The Balaban J connectivity index is 2.14.